The summed E-state index contributed by atoms with van der Waals surface area (Å²) in [4.78, 5) is 12.8. The van der Waals surface area contributed by atoms with E-state index in [4.69, 9.17) is 4.74 Å². The first-order valence-corrected chi connectivity index (χ1v) is 9.29. The van der Waals surface area contributed by atoms with Crippen molar-refractivity contribution >= 4 is 5.91 Å². The van der Waals surface area contributed by atoms with Gasteiger partial charge in [-0.2, -0.15) is 0 Å². The molecule has 4 bridgehead atoms. The quantitative estimate of drug-likeness (QED) is 0.883. The fraction of sp³-hybridized carbons (Fsp3) is 0.650. The summed E-state index contributed by atoms with van der Waals surface area (Å²) in [6.07, 6.45) is 7.58. The summed E-state index contributed by atoms with van der Waals surface area (Å²) in [5, 5.41) is 3.37. The number of rotatable bonds is 5. The number of amides is 1. The van der Waals surface area contributed by atoms with Crippen molar-refractivity contribution in [2.75, 3.05) is 0 Å². The van der Waals surface area contributed by atoms with Crippen molar-refractivity contribution in [1.82, 2.24) is 5.32 Å². The van der Waals surface area contributed by atoms with Gasteiger partial charge in [0.05, 0.1) is 0 Å². The average Bonchev–Trinajstić information content (AvgIpc) is 2.52. The van der Waals surface area contributed by atoms with E-state index in [9.17, 15) is 9.18 Å². The Bertz CT molecular complexity index is 577. The molecule has 3 nitrogen and oxygen atoms in total. The number of carbonyl (C=O) groups excluding carboxylic acids is 1. The molecule has 24 heavy (non-hydrogen) atoms. The number of halogens is 1. The Balaban J connectivity index is 1.43. The molecule has 0 radical (unpaired) electrons. The van der Waals surface area contributed by atoms with E-state index in [2.05, 4.69) is 5.32 Å². The van der Waals surface area contributed by atoms with Crippen molar-refractivity contribution in [1.29, 1.82) is 0 Å². The van der Waals surface area contributed by atoms with Crippen molar-refractivity contribution in [2.45, 2.75) is 63.5 Å². The lowest BCUT2D eigenvalue weighted by Crippen LogP contribution is -2.61. The third kappa shape index (κ3) is 3.03. The Labute approximate surface area is 143 Å². The maximum absolute atomic E-state index is 13.0. The summed E-state index contributed by atoms with van der Waals surface area (Å²) < 4.78 is 18.8. The molecule has 4 heteroatoms. The molecule has 1 N–H and O–H groups in total. The predicted molar refractivity (Wildman–Crippen MR) is 90.2 cm³/mol. The molecule has 0 heterocycles. The molecule has 0 aromatic heterocycles. The molecule has 0 saturated heterocycles. The van der Waals surface area contributed by atoms with Gasteiger partial charge in [0.15, 0.2) is 6.10 Å². The number of hydrogen-bond acceptors (Lipinski definition) is 2. The van der Waals surface area contributed by atoms with Crippen LogP contribution >= 0.6 is 0 Å². The fourth-order valence-corrected chi connectivity index (χ4v) is 5.61. The number of hydrogen-bond donors (Lipinski definition) is 1. The molecule has 1 atom stereocenters. The monoisotopic (exact) mass is 331 g/mol. The van der Waals surface area contributed by atoms with E-state index in [1.165, 1.54) is 31.4 Å². The minimum atomic E-state index is -0.511. The van der Waals surface area contributed by atoms with Gasteiger partial charge in [0, 0.05) is 5.54 Å². The Hall–Kier alpha value is -1.58. The van der Waals surface area contributed by atoms with Gasteiger partial charge in [-0.05, 0) is 87.0 Å². The SMILES string of the molecule is CC[C@H](Oc1ccc(F)cc1)C(=O)NC12CC3CC(CC(C3)C1)C2. The standard InChI is InChI=1S/C20H26FNO2/c1-2-18(24-17-5-3-16(21)4-6-17)19(23)22-20-10-13-7-14(11-20)9-15(8-13)12-20/h3-6,13-15,18H,2,7-12H2,1H3,(H,22,23)/t13?,14?,15?,18-,20?/m0/s1. The van der Waals surface area contributed by atoms with Crippen LogP contribution in [0.2, 0.25) is 0 Å². The maximum Gasteiger partial charge on any atom is 0.261 e. The Morgan fingerprint density at radius 1 is 1.17 bits per heavy atom. The highest BCUT2D eigenvalue weighted by Gasteiger charge is 2.51. The molecule has 4 aliphatic carbocycles. The Morgan fingerprint density at radius 3 is 2.21 bits per heavy atom. The second-order valence-corrected chi connectivity index (χ2v) is 8.16. The lowest BCUT2D eigenvalue weighted by molar-refractivity contribution is -0.134. The fourth-order valence-electron chi connectivity index (χ4n) is 5.61. The molecule has 4 aliphatic rings. The topological polar surface area (TPSA) is 38.3 Å². The van der Waals surface area contributed by atoms with Crippen molar-refractivity contribution in [3.63, 3.8) is 0 Å². The summed E-state index contributed by atoms with van der Waals surface area (Å²) in [5.74, 6) is 2.64. The zero-order valence-electron chi connectivity index (χ0n) is 14.3. The highest BCUT2D eigenvalue weighted by molar-refractivity contribution is 5.82. The number of nitrogens with one attached hydrogen (secondary N) is 1. The van der Waals surface area contributed by atoms with Gasteiger partial charge in [-0.25, -0.2) is 4.39 Å². The van der Waals surface area contributed by atoms with Crippen LogP contribution in [-0.4, -0.2) is 17.6 Å². The summed E-state index contributed by atoms with van der Waals surface area (Å²) in [6, 6.07) is 5.88. The summed E-state index contributed by atoms with van der Waals surface area (Å²) in [7, 11) is 0. The van der Waals surface area contributed by atoms with Gasteiger partial charge in [-0.15, -0.1) is 0 Å². The van der Waals surface area contributed by atoms with Gasteiger partial charge < -0.3 is 10.1 Å². The van der Waals surface area contributed by atoms with E-state index in [1.54, 1.807) is 12.1 Å². The smallest absolute Gasteiger partial charge is 0.261 e. The lowest BCUT2D eigenvalue weighted by atomic mass is 9.53. The van der Waals surface area contributed by atoms with Gasteiger partial charge in [-0.1, -0.05) is 6.92 Å². The predicted octanol–water partition coefficient (Wildman–Crippen LogP) is 4.07. The zero-order chi connectivity index (χ0) is 16.7. The third-order valence-electron chi connectivity index (χ3n) is 6.18. The highest BCUT2D eigenvalue weighted by Crippen LogP contribution is 2.55. The normalized spacial score (nSPS) is 34.8. The molecule has 5 rings (SSSR count). The minimum absolute atomic E-state index is 0.00537. The van der Waals surface area contributed by atoms with Gasteiger partial charge >= 0.3 is 0 Å². The van der Waals surface area contributed by atoms with Crippen LogP contribution in [0.3, 0.4) is 0 Å². The number of carbonyl (C=O) groups is 1. The molecule has 130 valence electrons. The van der Waals surface area contributed by atoms with Gasteiger partial charge in [0.25, 0.3) is 5.91 Å². The van der Waals surface area contributed by atoms with Crippen molar-refractivity contribution in [2.24, 2.45) is 17.8 Å². The molecule has 0 unspecified atom stereocenters. The highest BCUT2D eigenvalue weighted by atomic mass is 19.1. The summed E-state index contributed by atoms with van der Waals surface area (Å²) in [6.45, 7) is 1.95. The largest absolute Gasteiger partial charge is 0.481 e. The Kier molecular flexibility index (Phi) is 4.01. The number of benzene rings is 1. The first-order chi connectivity index (χ1) is 11.5. The van der Waals surface area contributed by atoms with E-state index in [1.807, 2.05) is 6.92 Å². The molecule has 0 aliphatic heterocycles. The average molecular weight is 331 g/mol. The van der Waals surface area contributed by atoms with E-state index >= 15 is 0 Å². The molecule has 1 aromatic rings. The van der Waals surface area contributed by atoms with Crippen LogP contribution in [0.25, 0.3) is 0 Å². The molecular formula is C20H26FNO2. The van der Waals surface area contributed by atoms with Crippen LogP contribution in [0, 0.1) is 23.6 Å². The second kappa shape index (κ2) is 6.05. The molecule has 4 fully saturated rings. The van der Waals surface area contributed by atoms with Crippen LogP contribution in [0.15, 0.2) is 24.3 Å². The van der Waals surface area contributed by atoms with Gasteiger partial charge in [-0.3, -0.25) is 4.79 Å². The van der Waals surface area contributed by atoms with E-state index < -0.39 is 6.10 Å². The Morgan fingerprint density at radius 2 is 1.71 bits per heavy atom. The summed E-state index contributed by atoms with van der Waals surface area (Å²) >= 11 is 0. The van der Waals surface area contributed by atoms with Crippen LogP contribution in [-0.2, 0) is 4.79 Å². The van der Waals surface area contributed by atoms with Crippen LogP contribution in [0.1, 0.15) is 51.9 Å². The first-order valence-electron chi connectivity index (χ1n) is 9.29. The van der Waals surface area contributed by atoms with Crippen molar-refractivity contribution in [3.8, 4) is 5.75 Å². The van der Waals surface area contributed by atoms with Crippen LogP contribution in [0.5, 0.6) is 5.75 Å². The molecule has 1 amide bonds. The third-order valence-corrected chi connectivity index (χ3v) is 6.18. The first kappa shape index (κ1) is 15.9. The summed E-state index contributed by atoms with van der Waals surface area (Å²) in [5.41, 5.74) is 0.00537. The van der Waals surface area contributed by atoms with E-state index in [0.29, 0.717) is 12.2 Å². The van der Waals surface area contributed by atoms with Crippen molar-refractivity contribution in [3.05, 3.63) is 30.1 Å². The second-order valence-electron chi connectivity index (χ2n) is 8.16. The lowest BCUT2D eigenvalue weighted by Gasteiger charge is -2.57. The molecular weight excluding hydrogens is 305 g/mol. The van der Waals surface area contributed by atoms with Gasteiger partial charge in [0.2, 0.25) is 0 Å². The van der Waals surface area contributed by atoms with Gasteiger partial charge in [0.1, 0.15) is 11.6 Å². The van der Waals surface area contributed by atoms with E-state index in [0.717, 1.165) is 37.0 Å². The van der Waals surface area contributed by atoms with Crippen molar-refractivity contribution < 1.29 is 13.9 Å². The minimum Gasteiger partial charge on any atom is -0.481 e. The van der Waals surface area contributed by atoms with E-state index in [-0.39, 0.29) is 17.3 Å². The maximum atomic E-state index is 13.0. The van der Waals surface area contributed by atoms with Crippen LogP contribution < -0.4 is 10.1 Å². The number of ether oxygens (including phenoxy) is 1. The zero-order valence-corrected chi connectivity index (χ0v) is 14.3. The molecule has 1 aromatic carbocycles. The molecule has 4 saturated carbocycles. The molecule has 0 spiro atoms. The van der Waals surface area contributed by atoms with Crippen LogP contribution in [0.4, 0.5) is 4.39 Å².